The summed E-state index contributed by atoms with van der Waals surface area (Å²) in [4.78, 5) is 10.4. The van der Waals surface area contributed by atoms with Crippen molar-refractivity contribution in [1.29, 1.82) is 0 Å². The first-order valence-corrected chi connectivity index (χ1v) is 9.75. The molecular formula is C21H22FN5O. The maximum atomic E-state index is 13.4. The number of fused-ring (bicyclic) bond motifs is 2. The van der Waals surface area contributed by atoms with Crippen LogP contribution in [0.3, 0.4) is 0 Å². The van der Waals surface area contributed by atoms with Gasteiger partial charge in [-0.2, -0.15) is 5.10 Å². The number of aromatic amines is 2. The van der Waals surface area contributed by atoms with Crippen molar-refractivity contribution in [2.45, 2.75) is 19.3 Å². The Morgan fingerprint density at radius 3 is 2.86 bits per heavy atom. The Morgan fingerprint density at radius 2 is 1.96 bits per heavy atom. The van der Waals surface area contributed by atoms with Crippen molar-refractivity contribution in [3.63, 3.8) is 0 Å². The zero-order chi connectivity index (χ0) is 18.9. The lowest BCUT2D eigenvalue weighted by molar-refractivity contribution is 0.263. The fraction of sp³-hybridized carbons (Fsp3) is 0.333. The minimum Gasteiger partial charge on any atom is -0.493 e. The van der Waals surface area contributed by atoms with E-state index in [9.17, 15) is 4.39 Å². The number of nitrogens with one attached hydrogen (secondary N) is 2. The molecule has 6 nitrogen and oxygen atoms in total. The van der Waals surface area contributed by atoms with Crippen LogP contribution in [0, 0.1) is 5.82 Å². The summed E-state index contributed by atoms with van der Waals surface area (Å²) >= 11 is 0. The lowest BCUT2D eigenvalue weighted by Crippen LogP contribution is -2.21. The average Bonchev–Trinajstić information content (AvgIpc) is 3.43. The summed E-state index contributed by atoms with van der Waals surface area (Å²) < 4.78 is 19.3. The molecule has 4 aromatic rings. The van der Waals surface area contributed by atoms with Gasteiger partial charge >= 0.3 is 0 Å². The van der Waals surface area contributed by atoms with Crippen LogP contribution < -0.4 is 4.74 Å². The van der Waals surface area contributed by atoms with Crippen LogP contribution in [0.4, 0.5) is 4.39 Å². The van der Waals surface area contributed by atoms with Crippen molar-refractivity contribution in [3.8, 4) is 17.3 Å². The van der Waals surface area contributed by atoms with Crippen molar-refractivity contribution >= 4 is 21.9 Å². The van der Waals surface area contributed by atoms with Gasteiger partial charge in [-0.3, -0.25) is 5.10 Å². The zero-order valence-corrected chi connectivity index (χ0v) is 15.5. The number of hydrogen-bond donors (Lipinski definition) is 2. The van der Waals surface area contributed by atoms with Gasteiger partial charge in [-0.1, -0.05) is 0 Å². The van der Waals surface area contributed by atoms with Crippen LogP contribution in [-0.2, 0) is 0 Å². The number of benzene rings is 2. The van der Waals surface area contributed by atoms with Crippen LogP contribution in [0.5, 0.6) is 5.75 Å². The number of ether oxygens (including phenoxy) is 1. The van der Waals surface area contributed by atoms with Crippen LogP contribution in [0.1, 0.15) is 19.3 Å². The molecule has 2 aromatic carbocycles. The number of nitrogens with zero attached hydrogens (tertiary/aromatic N) is 3. The first kappa shape index (κ1) is 17.2. The van der Waals surface area contributed by atoms with Crippen molar-refractivity contribution in [1.82, 2.24) is 25.1 Å². The summed E-state index contributed by atoms with van der Waals surface area (Å²) in [5.41, 5.74) is 3.07. The molecule has 0 saturated carbocycles. The summed E-state index contributed by atoms with van der Waals surface area (Å²) in [7, 11) is 0. The second-order valence-electron chi connectivity index (χ2n) is 7.28. The predicted molar refractivity (Wildman–Crippen MR) is 107 cm³/mol. The van der Waals surface area contributed by atoms with Crippen molar-refractivity contribution in [2.24, 2.45) is 0 Å². The van der Waals surface area contributed by atoms with Gasteiger partial charge in [-0.15, -0.1) is 0 Å². The highest BCUT2D eigenvalue weighted by molar-refractivity contribution is 5.93. The number of rotatable bonds is 6. The fourth-order valence-electron chi connectivity index (χ4n) is 3.85. The Morgan fingerprint density at radius 1 is 1.07 bits per heavy atom. The molecule has 0 amide bonds. The molecule has 0 radical (unpaired) electrons. The quantitative estimate of drug-likeness (QED) is 0.495. The second-order valence-corrected chi connectivity index (χ2v) is 7.28. The smallest absolute Gasteiger partial charge is 0.159 e. The van der Waals surface area contributed by atoms with Gasteiger partial charge in [-0.25, -0.2) is 9.37 Å². The van der Waals surface area contributed by atoms with E-state index in [1.54, 1.807) is 6.07 Å². The highest BCUT2D eigenvalue weighted by atomic mass is 19.1. The summed E-state index contributed by atoms with van der Waals surface area (Å²) in [6.45, 7) is 4.25. The van der Waals surface area contributed by atoms with E-state index in [0.29, 0.717) is 23.6 Å². The topological polar surface area (TPSA) is 69.8 Å². The molecule has 1 saturated heterocycles. The van der Waals surface area contributed by atoms with E-state index in [1.807, 2.05) is 18.2 Å². The largest absolute Gasteiger partial charge is 0.493 e. The van der Waals surface area contributed by atoms with Gasteiger partial charge in [0.25, 0.3) is 0 Å². The highest BCUT2D eigenvalue weighted by Gasteiger charge is 2.14. The molecule has 1 aliphatic heterocycles. The fourth-order valence-corrected chi connectivity index (χ4v) is 3.85. The first-order valence-electron chi connectivity index (χ1n) is 9.75. The Balaban J connectivity index is 1.31. The molecule has 3 heterocycles. The van der Waals surface area contributed by atoms with Gasteiger partial charge in [0, 0.05) is 18.0 Å². The van der Waals surface area contributed by atoms with Gasteiger partial charge in [0.1, 0.15) is 17.3 Å². The number of imidazole rings is 1. The number of hydrogen-bond acceptors (Lipinski definition) is 4. The summed E-state index contributed by atoms with van der Waals surface area (Å²) in [6.07, 6.45) is 3.67. The first-order chi connectivity index (χ1) is 13.8. The number of halogens is 1. The van der Waals surface area contributed by atoms with Crippen molar-refractivity contribution in [3.05, 3.63) is 42.2 Å². The number of likely N-dealkylation sites (tertiary alicyclic amines) is 1. The molecule has 0 atom stereocenters. The van der Waals surface area contributed by atoms with E-state index in [-0.39, 0.29) is 5.82 Å². The SMILES string of the molecule is Fc1ccc2c(-c3nc4ccc(OCCCN5CCCC5)cc4[nH]3)n[nH]c2c1. The normalized spacial score (nSPS) is 15.0. The van der Waals surface area contributed by atoms with Crippen LogP contribution in [0.2, 0.25) is 0 Å². The van der Waals surface area contributed by atoms with E-state index in [4.69, 9.17) is 4.74 Å². The van der Waals surface area contributed by atoms with Gasteiger partial charge in [0.2, 0.25) is 0 Å². The lowest BCUT2D eigenvalue weighted by Gasteiger charge is -2.14. The van der Waals surface area contributed by atoms with Crippen molar-refractivity contribution < 1.29 is 9.13 Å². The third-order valence-corrected chi connectivity index (χ3v) is 5.29. The second kappa shape index (κ2) is 7.24. The molecule has 5 rings (SSSR count). The molecule has 7 heteroatoms. The van der Waals surface area contributed by atoms with E-state index < -0.39 is 0 Å². The van der Waals surface area contributed by atoms with Gasteiger partial charge in [-0.05, 0) is 62.7 Å². The third-order valence-electron chi connectivity index (χ3n) is 5.29. The summed E-state index contributed by atoms with van der Waals surface area (Å²) in [6, 6.07) is 10.4. The molecule has 1 aliphatic rings. The van der Waals surface area contributed by atoms with Gasteiger partial charge in [0.05, 0.1) is 23.2 Å². The molecule has 2 aromatic heterocycles. The van der Waals surface area contributed by atoms with Crippen LogP contribution in [-0.4, -0.2) is 51.3 Å². The molecule has 2 N–H and O–H groups in total. The van der Waals surface area contributed by atoms with E-state index in [1.165, 1.54) is 38.1 Å². The molecular weight excluding hydrogens is 357 g/mol. The van der Waals surface area contributed by atoms with Crippen LogP contribution >= 0.6 is 0 Å². The van der Waals surface area contributed by atoms with E-state index in [2.05, 4.69) is 25.1 Å². The van der Waals surface area contributed by atoms with E-state index in [0.717, 1.165) is 35.1 Å². The number of H-pyrrole nitrogens is 2. The maximum absolute atomic E-state index is 13.4. The van der Waals surface area contributed by atoms with E-state index >= 15 is 0 Å². The highest BCUT2D eigenvalue weighted by Crippen LogP contribution is 2.28. The lowest BCUT2D eigenvalue weighted by atomic mass is 10.2. The molecule has 0 bridgehead atoms. The Labute approximate surface area is 161 Å². The average molecular weight is 379 g/mol. The molecule has 0 aliphatic carbocycles. The summed E-state index contributed by atoms with van der Waals surface area (Å²) in [5, 5.41) is 8.00. The maximum Gasteiger partial charge on any atom is 0.159 e. The molecule has 0 spiro atoms. The van der Waals surface area contributed by atoms with Gasteiger partial charge in [0.15, 0.2) is 5.82 Å². The standard InChI is InChI=1S/C21H22FN5O/c22-14-4-6-16-18(12-14)25-26-20(16)21-23-17-7-5-15(13-19(17)24-21)28-11-3-10-27-8-1-2-9-27/h4-7,12-13H,1-3,8-11H2,(H,23,24)(H,25,26). The minimum atomic E-state index is -0.293. The molecule has 1 fully saturated rings. The third kappa shape index (κ3) is 3.33. The van der Waals surface area contributed by atoms with Crippen molar-refractivity contribution in [2.75, 3.05) is 26.2 Å². The van der Waals surface area contributed by atoms with Crippen LogP contribution in [0.25, 0.3) is 33.5 Å². The van der Waals surface area contributed by atoms with Crippen LogP contribution in [0.15, 0.2) is 36.4 Å². The number of aromatic nitrogens is 4. The van der Waals surface area contributed by atoms with Gasteiger partial charge < -0.3 is 14.6 Å². The predicted octanol–water partition coefficient (Wildman–Crippen LogP) is 4.11. The molecule has 28 heavy (non-hydrogen) atoms. The summed E-state index contributed by atoms with van der Waals surface area (Å²) in [5.74, 6) is 1.19. The Kier molecular flexibility index (Phi) is 4.44. The monoisotopic (exact) mass is 379 g/mol. The molecule has 0 unspecified atom stereocenters. The Hall–Kier alpha value is -2.93. The Bertz CT molecular complexity index is 1110. The molecule has 144 valence electrons. The zero-order valence-electron chi connectivity index (χ0n) is 15.5. The minimum absolute atomic E-state index is 0.293.